The first-order chi connectivity index (χ1) is 5.58. The number of ether oxygens (including phenoxy) is 1. The smallest absolute Gasteiger partial charge is 0.219 e. The Bertz CT molecular complexity index is 231. The predicted molar refractivity (Wildman–Crippen MR) is 43.8 cm³/mol. The van der Waals surface area contributed by atoms with Crippen molar-refractivity contribution >= 4 is 0 Å². The van der Waals surface area contributed by atoms with E-state index in [0.29, 0.717) is 0 Å². The van der Waals surface area contributed by atoms with E-state index in [2.05, 4.69) is 4.98 Å². The van der Waals surface area contributed by atoms with Gasteiger partial charge in [0.15, 0.2) is 0 Å². The van der Waals surface area contributed by atoms with E-state index in [0.717, 1.165) is 5.56 Å². The van der Waals surface area contributed by atoms with Gasteiger partial charge in [0, 0.05) is 19.3 Å². The molecule has 1 rings (SSSR count). The van der Waals surface area contributed by atoms with Crippen LogP contribution in [-0.4, -0.2) is 16.0 Å². The largest absolute Gasteiger partial charge is 0.354 e. The van der Waals surface area contributed by atoms with Crippen LogP contribution in [0.1, 0.15) is 12.5 Å². The van der Waals surface area contributed by atoms with Gasteiger partial charge in [-0.3, -0.25) is 10.7 Å². The second-order valence-corrected chi connectivity index (χ2v) is 2.70. The van der Waals surface area contributed by atoms with Crippen LogP contribution in [0.3, 0.4) is 0 Å². The summed E-state index contributed by atoms with van der Waals surface area (Å²) in [5.74, 6) is -1.57. The standard InChI is InChI=1S/C8H12N2O2/c1-8(9,11)12-6-7-3-2-4-10-5-7/h2-5,11H,6,9H2,1H3. The molecule has 0 saturated carbocycles. The number of nitrogens with zero attached hydrogens (tertiary/aromatic N) is 1. The highest BCUT2D eigenvalue weighted by atomic mass is 16.6. The van der Waals surface area contributed by atoms with Crippen molar-refractivity contribution in [1.29, 1.82) is 0 Å². The topological polar surface area (TPSA) is 68.4 Å². The normalized spacial score (nSPS) is 15.6. The molecular weight excluding hydrogens is 156 g/mol. The lowest BCUT2D eigenvalue weighted by Gasteiger charge is -2.17. The number of nitrogens with two attached hydrogens (primary N) is 1. The first-order valence-corrected chi connectivity index (χ1v) is 3.62. The van der Waals surface area contributed by atoms with Gasteiger partial charge in [-0.15, -0.1) is 0 Å². The molecule has 0 aromatic carbocycles. The quantitative estimate of drug-likeness (QED) is 0.633. The van der Waals surface area contributed by atoms with Gasteiger partial charge in [-0.1, -0.05) is 6.07 Å². The molecule has 1 aromatic rings. The third-order valence-electron chi connectivity index (χ3n) is 1.25. The van der Waals surface area contributed by atoms with Gasteiger partial charge < -0.3 is 9.84 Å². The van der Waals surface area contributed by atoms with Gasteiger partial charge in [0.05, 0.1) is 6.61 Å². The number of hydrogen-bond donors (Lipinski definition) is 2. The van der Waals surface area contributed by atoms with Crippen LogP contribution in [0, 0.1) is 0 Å². The Morgan fingerprint density at radius 1 is 1.75 bits per heavy atom. The number of aliphatic hydroxyl groups is 1. The Labute approximate surface area is 71.0 Å². The van der Waals surface area contributed by atoms with Crippen LogP contribution in [0.15, 0.2) is 24.5 Å². The van der Waals surface area contributed by atoms with Gasteiger partial charge in [-0.05, 0) is 11.6 Å². The molecule has 1 aromatic heterocycles. The molecule has 1 atom stereocenters. The monoisotopic (exact) mass is 168 g/mol. The lowest BCUT2D eigenvalue weighted by Crippen LogP contribution is -2.38. The molecular formula is C8H12N2O2. The molecule has 0 aliphatic heterocycles. The van der Waals surface area contributed by atoms with Crippen molar-refractivity contribution in [2.75, 3.05) is 0 Å². The van der Waals surface area contributed by atoms with E-state index in [1.54, 1.807) is 18.5 Å². The second-order valence-electron chi connectivity index (χ2n) is 2.70. The van der Waals surface area contributed by atoms with Crippen molar-refractivity contribution in [2.45, 2.75) is 19.4 Å². The summed E-state index contributed by atoms with van der Waals surface area (Å²) in [6.07, 6.45) is 3.33. The summed E-state index contributed by atoms with van der Waals surface area (Å²) < 4.78 is 4.91. The van der Waals surface area contributed by atoms with Crippen LogP contribution in [0.25, 0.3) is 0 Å². The fourth-order valence-corrected chi connectivity index (χ4v) is 0.713. The van der Waals surface area contributed by atoms with Crippen LogP contribution in [0.2, 0.25) is 0 Å². The van der Waals surface area contributed by atoms with E-state index in [1.807, 2.05) is 6.07 Å². The number of hydrogen-bond acceptors (Lipinski definition) is 4. The summed E-state index contributed by atoms with van der Waals surface area (Å²) in [4.78, 5) is 3.88. The molecule has 0 fully saturated rings. The van der Waals surface area contributed by atoms with Crippen molar-refractivity contribution < 1.29 is 9.84 Å². The van der Waals surface area contributed by atoms with Crippen molar-refractivity contribution in [2.24, 2.45) is 5.73 Å². The molecule has 0 saturated heterocycles. The number of aromatic nitrogens is 1. The number of rotatable bonds is 3. The Balaban J connectivity index is 2.44. The first-order valence-electron chi connectivity index (χ1n) is 3.62. The van der Waals surface area contributed by atoms with E-state index in [-0.39, 0.29) is 6.61 Å². The minimum atomic E-state index is -1.57. The molecule has 4 nitrogen and oxygen atoms in total. The van der Waals surface area contributed by atoms with E-state index >= 15 is 0 Å². The third kappa shape index (κ3) is 3.43. The predicted octanol–water partition coefficient (Wildman–Crippen LogP) is 0.223. The Morgan fingerprint density at radius 2 is 2.50 bits per heavy atom. The Kier molecular flexibility index (Phi) is 2.75. The lowest BCUT2D eigenvalue weighted by atomic mass is 10.3. The van der Waals surface area contributed by atoms with Crippen molar-refractivity contribution in [1.82, 2.24) is 4.98 Å². The minimum Gasteiger partial charge on any atom is -0.354 e. The average molecular weight is 168 g/mol. The zero-order valence-corrected chi connectivity index (χ0v) is 6.90. The fraction of sp³-hybridized carbons (Fsp3) is 0.375. The van der Waals surface area contributed by atoms with E-state index < -0.39 is 5.91 Å². The number of pyridine rings is 1. The van der Waals surface area contributed by atoms with Gasteiger partial charge in [0.1, 0.15) is 0 Å². The van der Waals surface area contributed by atoms with E-state index in [4.69, 9.17) is 15.6 Å². The van der Waals surface area contributed by atoms with Gasteiger partial charge in [-0.25, -0.2) is 0 Å². The van der Waals surface area contributed by atoms with Crippen molar-refractivity contribution in [3.8, 4) is 0 Å². The zero-order valence-electron chi connectivity index (χ0n) is 6.90. The van der Waals surface area contributed by atoms with Crippen LogP contribution >= 0.6 is 0 Å². The van der Waals surface area contributed by atoms with Gasteiger partial charge >= 0.3 is 0 Å². The molecule has 0 aliphatic carbocycles. The van der Waals surface area contributed by atoms with Crippen LogP contribution in [0.4, 0.5) is 0 Å². The fourth-order valence-electron chi connectivity index (χ4n) is 0.713. The molecule has 0 aliphatic rings. The third-order valence-corrected chi connectivity index (χ3v) is 1.25. The molecule has 3 N–H and O–H groups in total. The van der Waals surface area contributed by atoms with Gasteiger partial charge in [0.25, 0.3) is 0 Å². The van der Waals surface area contributed by atoms with Gasteiger partial charge in [0.2, 0.25) is 5.91 Å². The maximum atomic E-state index is 9.01. The highest BCUT2D eigenvalue weighted by molar-refractivity contribution is 5.06. The molecule has 0 amide bonds. The van der Waals surface area contributed by atoms with E-state index in [9.17, 15) is 0 Å². The van der Waals surface area contributed by atoms with Crippen LogP contribution in [-0.2, 0) is 11.3 Å². The Hall–Kier alpha value is -0.970. The van der Waals surface area contributed by atoms with Crippen molar-refractivity contribution in [3.05, 3.63) is 30.1 Å². The SMILES string of the molecule is CC(N)(O)OCc1cccnc1. The molecule has 12 heavy (non-hydrogen) atoms. The Morgan fingerprint density at radius 3 is 3.00 bits per heavy atom. The summed E-state index contributed by atoms with van der Waals surface area (Å²) in [5.41, 5.74) is 6.07. The second kappa shape index (κ2) is 3.62. The maximum absolute atomic E-state index is 9.01. The van der Waals surface area contributed by atoms with Gasteiger partial charge in [-0.2, -0.15) is 0 Å². The summed E-state index contributed by atoms with van der Waals surface area (Å²) in [6.45, 7) is 1.64. The first kappa shape index (κ1) is 9.12. The van der Waals surface area contributed by atoms with E-state index in [1.165, 1.54) is 6.92 Å². The highest BCUT2D eigenvalue weighted by Crippen LogP contribution is 2.03. The van der Waals surface area contributed by atoms with Crippen LogP contribution in [0.5, 0.6) is 0 Å². The lowest BCUT2D eigenvalue weighted by molar-refractivity contribution is -0.193. The molecule has 0 bridgehead atoms. The van der Waals surface area contributed by atoms with Crippen molar-refractivity contribution in [3.63, 3.8) is 0 Å². The highest BCUT2D eigenvalue weighted by Gasteiger charge is 2.12. The molecule has 0 radical (unpaired) electrons. The molecule has 66 valence electrons. The average Bonchev–Trinajstić information content (AvgIpc) is 2.02. The summed E-state index contributed by atoms with van der Waals surface area (Å²) >= 11 is 0. The zero-order chi connectivity index (χ0) is 9.03. The molecule has 0 spiro atoms. The summed E-state index contributed by atoms with van der Waals surface area (Å²) in [6, 6.07) is 3.64. The molecule has 1 heterocycles. The summed E-state index contributed by atoms with van der Waals surface area (Å²) in [7, 11) is 0. The van der Waals surface area contributed by atoms with Crippen LogP contribution < -0.4 is 5.73 Å². The maximum Gasteiger partial charge on any atom is 0.219 e. The molecule has 1 unspecified atom stereocenters. The summed E-state index contributed by atoms with van der Waals surface area (Å²) in [5, 5.41) is 9.01. The molecule has 4 heteroatoms. The minimum absolute atomic E-state index is 0.261.